The van der Waals surface area contributed by atoms with Crippen LogP contribution in [0.25, 0.3) is 5.57 Å². The number of aromatic nitrogens is 3. The Kier molecular flexibility index (Phi) is 6.54. The molecule has 214 valence electrons. The molecule has 8 nitrogen and oxygen atoms in total. The quantitative estimate of drug-likeness (QED) is 0.248. The smallest absolute Gasteiger partial charge is 0.410 e. The minimum atomic E-state index is -2.84. The summed E-state index contributed by atoms with van der Waals surface area (Å²) in [5, 5.41) is 6.75. The van der Waals surface area contributed by atoms with E-state index >= 15 is 0 Å². The second-order valence-corrected chi connectivity index (χ2v) is 11.6. The van der Waals surface area contributed by atoms with Crippen molar-refractivity contribution >= 4 is 40.4 Å². The number of benzene rings is 2. The fourth-order valence-corrected chi connectivity index (χ4v) is 6.73. The van der Waals surface area contributed by atoms with Gasteiger partial charge in [0, 0.05) is 52.6 Å². The average Bonchev–Trinajstić information content (AvgIpc) is 3.76. The van der Waals surface area contributed by atoms with E-state index in [1.54, 1.807) is 11.1 Å². The number of hydrogen-bond donors (Lipinski definition) is 0. The molecule has 4 aromatic rings. The van der Waals surface area contributed by atoms with Gasteiger partial charge in [0.25, 0.3) is 0 Å². The van der Waals surface area contributed by atoms with Crippen molar-refractivity contribution in [2.75, 3.05) is 13.1 Å². The van der Waals surface area contributed by atoms with E-state index in [9.17, 15) is 18.0 Å². The minimum absolute atomic E-state index is 0.135. The van der Waals surface area contributed by atoms with Gasteiger partial charge in [-0.05, 0) is 23.8 Å². The van der Waals surface area contributed by atoms with Gasteiger partial charge in [-0.2, -0.15) is 13.9 Å². The lowest BCUT2D eigenvalue weighted by atomic mass is 9.91. The van der Waals surface area contributed by atoms with E-state index < -0.39 is 30.1 Å². The van der Waals surface area contributed by atoms with E-state index in [1.165, 1.54) is 41.8 Å². The molecule has 1 spiro atoms. The highest BCUT2D eigenvalue weighted by Crippen LogP contribution is 2.50. The lowest BCUT2D eigenvalue weighted by Crippen LogP contribution is -2.40. The topological polar surface area (TPSA) is 75.8 Å². The summed E-state index contributed by atoms with van der Waals surface area (Å²) in [6.45, 7) is -1.87. The first-order valence-corrected chi connectivity index (χ1v) is 14.3. The van der Waals surface area contributed by atoms with E-state index in [4.69, 9.17) is 21.3 Å². The average molecular weight is 611 g/mol. The van der Waals surface area contributed by atoms with Crippen molar-refractivity contribution in [3.05, 3.63) is 111 Å². The van der Waals surface area contributed by atoms with Crippen LogP contribution in [0.5, 0.6) is 0 Å². The van der Waals surface area contributed by atoms with Gasteiger partial charge in [-0.15, -0.1) is 11.3 Å². The monoisotopic (exact) mass is 610 g/mol. The molecule has 3 aliphatic heterocycles. The van der Waals surface area contributed by atoms with Crippen molar-refractivity contribution in [1.82, 2.24) is 24.6 Å². The zero-order valence-electron chi connectivity index (χ0n) is 21.8. The highest BCUT2D eigenvalue weighted by atomic mass is 35.5. The van der Waals surface area contributed by atoms with Crippen LogP contribution >= 0.6 is 22.9 Å². The third-order valence-corrected chi connectivity index (χ3v) is 8.67. The van der Waals surface area contributed by atoms with Gasteiger partial charge in [-0.1, -0.05) is 48.0 Å². The van der Waals surface area contributed by atoms with Gasteiger partial charge >= 0.3 is 12.6 Å². The Morgan fingerprint density at radius 1 is 1.14 bits per heavy atom. The summed E-state index contributed by atoms with van der Waals surface area (Å²) in [6, 6.07) is 14.3. The number of amidine groups is 1. The Balaban J connectivity index is 1.36. The number of carbonyl (C=O) groups excluding carboxylic acids is 1. The summed E-state index contributed by atoms with van der Waals surface area (Å²) < 4.78 is 47.9. The Morgan fingerprint density at radius 3 is 2.69 bits per heavy atom. The van der Waals surface area contributed by atoms with Gasteiger partial charge in [-0.3, -0.25) is 9.89 Å². The van der Waals surface area contributed by atoms with Crippen LogP contribution < -0.4 is 0 Å². The first-order valence-electron chi connectivity index (χ1n) is 13.1. The molecule has 1 unspecified atom stereocenters. The normalized spacial score (nSPS) is 21.9. The van der Waals surface area contributed by atoms with Gasteiger partial charge in [0.2, 0.25) is 0 Å². The van der Waals surface area contributed by atoms with Crippen molar-refractivity contribution in [2.45, 2.75) is 31.2 Å². The molecule has 2 fully saturated rings. The number of alkyl halides is 2. The number of hydrogen-bond acceptors (Lipinski definition) is 7. The van der Waals surface area contributed by atoms with Crippen molar-refractivity contribution in [2.24, 2.45) is 4.99 Å². The summed E-state index contributed by atoms with van der Waals surface area (Å²) in [4.78, 5) is 26.2. The molecule has 42 heavy (non-hydrogen) atoms. The first-order chi connectivity index (χ1) is 20.3. The maximum absolute atomic E-state index is 14.1. The molecule has 13 heteroatoms. The molecule has 1 amide bonds. The van der Waals surface area contributed by atoms with Gasteiger partial charge < -0.3 is 9.64 Å². The van der Waals surface area contributed by atoms with Crippen LogP contribution in [-0.2, 0) is 11.3 Å². The van der Waals surface area contributed by atoms with Crippen molar-refractivity contribution in [3.63, 3.8) is 0 Å². The summed E-state index contributed by atoms with van der Waals surface area (Å²) in [5.74, 6) is 0.00885. The molecule has 0 aliphatic carbocycles. The molecule has 5 heterocycles. The van der Waals surface area contributed by atoms with E-state index in [0.29, 0.717) is 45.4 Å². The SMILES string of the molecule is O=C1OC2(CC3=C(c4ccn(C(F)F)n4)[C@H](c4ccc(F)cc4Cl)N=C(c4nccs4)N3C2)CN1Cc1ccccc1. The molecule has 0 N–H and O–H groups in total. The number of nitrogens with zero attached hydrogens (tertiary/aromatic N) is 6. The number of ether oxygens (including phenoxy) is 1. The summed E-state index contributed by atoms with van der Waals surface area (Å²) >= 11 is 7.93. The van der Waals surface area contributed by atoms with Crippen LogP contribution in [0.3, 0.4) is 0 Å². The molecule has 0 saturated carbocycles. The van der Waals surface area contributed by atoms with Gasteiger partial charge in [-0.25, -0.2) is 18.9 Å². The van der Waals surface area contributed by atoms with Crippen LogP contribution in [0.4, 0.5) is 18.0 Å². The molecule has 2 aromatic carbocycles. The maximum Gasteiger partial charge on any atom is 0.410 e. The number of fused-ring (bicyclic) bond motifs is 1. The van der Waals surface area contributed by atoms with E-state index in [1.807, 2.05) is 40.6 Å². The van der Waals surface area contributed by atoms with Crippen molar-refractivity contribution in [1.29, 1.82) is 0 Å². The number of amides is 1. The van der Waals surface area contributed by atoms with E-state index in [0.717, 1.165) is 5.56 Å². The standard InChI is InChI=1S/C29H22ClF3N6O2S/c30-20-12-18(31)6-7-19(20)24-23(21-8-10-39(36-21)27(32)33)22-13-29(16-38(22)25(35-24)26-34-9-11-42-26)15-37(28(40)41-29)14-17-4-2-1-3-5-17/h1-12,24,27H,13-16H2/t24-,29?/m0/s1. The Morgan fingerprint density at radius 2 is 1.98 bits per heavy atom. The van der Waals surface area contributed by atoms with Crippen molar-refractivity contribution < 1.29 is 22.7 Å². The third kappa shape index (κ3) is 4.64. The van der Waals surface area contributed by atoms with Crippen LogP contribution in [0, 0.1) is 5.82 Å². The lowest BCUT2D eigenvalue weighted by Gasteiger charge is -2.32. The second-order valence-electron chi connectivity index (χ2n) is 10.3. The predicted octanol–water partition coefficient (Wildman–Crippen LogP) is 6.54. The Labute approximate surface area is 247 Å². The summed E-state index contributed by atoms with van der Waals surface area (Å²) in [6.07, 6.45) is 2.70. The summed E-state index contributed by atoms with van der Waals surface area (Å²) in [7, 11) is 0. The highest BCUT2D eigenvalue weighted by Gasteiger charge is 2.55. The number of aliphatic imine (C=N–C) groups is 1. The largest absolute Gasteiger partial charge is 0.439 e. The highest BCUT2D eigenvalue weighted by molar-refractivity contribution is 7.11. The molecular formula is C29H22ClF3N6O2S. The zero-order chi connectivity index (χ0) is 29.0. The van der Waals surface area contributed by atoms with Gasteiger partial charge in [0.1, 0.15) is 11.9 Å². The molecule has 7 rings (SSSR count). The molecule has 3 aliphatic rings. The minimum Gasteiger partial charge on any atom is -0.439 e. The second kappa shape index (κ2) is 10.3. The predicted molar refractivity (Wildman–Crippen MR) is 151 cm³/mol. The number of carbonyl (C=O) groups is 1. The maximum atomic E-state index is 14.1. The zero-order valence-corrected chi connectivity index (χ0v) is 23.4. The molecule has 2 aromatic heterocycles. The molecule has 0 bridgehead atoms. The van der Waals surface area contributed by atoms with Crippen LogP contribution in [0.1, 0.15) is 40.8 Å². The van der Waals surface area contributed by atoms with E-state index in [-0.39, 0.29) is 23.7 Å². The third-order valence-electron chi connectivity index (χ3n) is 7.58. The van der Waals surface area contributed by atoms with Crippen molar-refractivity contribution in [3.8, 4) is 0 Å². The number of thiazole rings is 1. The van der Waals surface area contributed by atoms with Crippen LogP contribution in [0.2, 0.25) is 5.02 Å². The first kappa shape index (κ1) is 26.7. The fourth-order valence-electron chi connectivity index (χ4n) is 5.82. The summed E-state index contributed by atoms with van der Waals surface area (Å²) in [5.41, 5.74) is 2.01. The Hall–Kier alpha value is -4.16. The number of halogens is 4. The van der Waals surface area contributed by atoms with Crippen LogP contribution in [-0.4, -0.2) is 55.2 Å². The molecule has 2 atom stereocenters. The number of rotatable bonds is 6. The van der Waals surface area contributed by atoms with Crippen LogP contribution in [0.15, 0.2) is 83.1 Å². The van der Waals surface area contributed by atoms with Gasteiger partial charge in [0.15, 0.2) is 16.4 Å². The van der Waals surface area contributed by atoms with E-state index in [2.05, 4.69) is 10.1 Å². The Bertz CT molecular complexity index is 1730. The van der Waals surface area contributed by atoms with Gasteiger partial charge in [0.05, 0.1) is 18.8 Å². The molecule has 0 radical (unpaired) electrons. The fraction of sp³-hybridized carbons (Fsp3) is 0.241. The lowest BCUT2D eigenvalue weighted by molar-refractivity contribution is 0.0564. The molecule has 2 saturated heterocycles. The molecular weight excluding hydrogens is 589 g/mol.